The summed E-state index contributed by atoms with van der Waals surface area (Å²) >= 11 is 7.05. The third kappa shape index (κ3) is 3.25. The van der Waals surface area contributed by atoms with E-state index in [0.29, 0.717) is 36.5 Å². The van der Waals surface area contributed by atoms with Crippen LogP contribution in [0.4, 0.5) is 0 Å². The highest BCUT2D eigenvalue weighted by Crippen LogP contribution is 2.22. The molecule has 1 fully saturated rings. The summed E-state index contributed by atoms with van der Waals surface area (Å²) in [6.07, 6.45) is 0.901. The van der Waals surface area contributed by atoms with E-state index in [1.807, 2.05) is 0 Å². The van der Waals surface area contributed by atoms with Crippen molar-refractivity contribution in [3.8, 4) is 0 Å². The van der Waals surface area contributed by atoms with E-state index >= 15 is 0 Å². The fraction of sp³-hybridized carbons (Fsp3) is 0.400. The molecule has 3 rings (SSSR count). The van der Waals surface area contributed by atoms with E-state index in [9.17, 15) is 14.4 Å². The first-order valence-electron chi connectivity index (χ1n) is 7.25. The summed E-state index contributed by atoms with van der Waals surface area (Å²) in [5.41, 5.74) is 0.654. The van der Waals surface area contributed by atoms with Gasteiger partial charge in [-0.05, 0) is 31.0 Å². The average Bonchev–Trinajstić information content (AvgIpc) is 2.83. The molecule has 1 aromatic heterocycles. The Morgan fingerprint density at radius 1 is 1.30 bits per heavy atom. The fourth-order valence-electron chi connectivity index (χ4n) is 2.80. The number of thiazole rings is 1. The molecule has 1 N–H and O–H groups in total. The van der Waals surface area contributed by atoms with Gasteiger partial charge in [-0.3, -0.25) is 19.0 Å². The van der Waals surface area contributed by atoms with Crippen LogP contribution in [0.5, 0.6) is 0 Å². The molecule has 1 aliphatic heterocycles. The van der Waals surface area contributed by atoms with E-state index in [2.05, 4.69) is 0 Å². The van der Waals surface area contributed by atoms with Gasteiger partial charge in [-0.1, -0.05) is 22.9 Å². The molecule has 0 unspecified atom stereocenters. The Kier molecular flexibility index (Phi) is 4.41. The van der Waals surface area contributed by atoms with Crippen molar-refractivity contribution in [3.05, 3.63) is 32.9 Å². The number of carboxylic acids is 1. The minimum Gasteiger partial charge on any atom is -0.481 e. The highest BCUT2D eigenvalue weighted by atomic mass is 35.5. The van der Waals surface area contributed by atoms with E-state index in [-0.39, 0.29) is 23.2 Å². The summed E-state index contributed by atoms with van der Waals surface area (Å²) in [6.45, 7) is 0.775. The number of carbonyl (C=O) groups excluding carboxylic acids is 1. The van der Waals surface area contributed by atoms with Gasteiger partial charge >= 0.3 is 10.8 Å². The number of piperidine rings is 1. The third-order valence-electron chi connectivity index (χ3n) is 4.12. The first-order valence-corrected chi connectivity index (χ1v) is 8.44. The van der Waals surface area contributed by atoms with Crippen molar-refractivity contribution in [2.24, 2.45) is 5.92 Å². The number of likely N-dealkylation sites (tertiary alicyclic amines) is 1. The molecule has 23 heavy (non-hydrogen) atoms. The Bertz CT molecular complexity index is 820. The minimum absolute atomic E-state index is 0.0447. The number of nitrogens with zero attached hydrogens (tertiary/aromatic N) is 2. The van der Waals surface area contributed by atoms with Gasteiger partial charge in [0, 0.05) is 18.1 Å². The lowest BCUT2D eigenvalue weighted by molar-refractivity contribution is -0.145. The second-order valence-electron chi connectivity index (χ2n) is 5.56. The van der Waals surface area contributed by atoms with E-state index in [0.717, 1.165) is 16.0 Å². The third-order valence-corrected chi connectivity index (χ3v) is 5.31. The quantitative estimate of drug-likeness (QED) is 0.914. The van der Waals surface area contributed by atoms with Crippen LogP contribution in [0.1, 0.15) is 12.8 Å². The van der Waals surface area contributed by atoms with Crippen LogP contribution >= 0.6 is 22.9 Å². The zero-order chi connectivity index (χ0) is 16.6. The minimum atomic E-state index is -0.813. The van der Waals surface area contributed by atoms with Crippen molar-refractivity contribution in [1.82, 2.24) is 9.47 Å². The van der Waals surface area contributed by atoms with Crippen LogP contribution in [0, 0.1) is 5.92 Å². The zero-order valence-electron chi connectivity index (χ0n) is 12.2. The van der Waals surface area contributed by atoms with Crippen LogP contribution in [-0.4, -0.2) is 39.5 Å². The van der Waals surface area contributed by atoms with Gasteiger partial charge in [-0.15, -0.1) is 0 Å². The summed E-state index contributed by atoms with van der Waals surface area (Å²) < 4.78 is 2.22. The molecule has 0 aliphatic carbocycles. The van der Waals surface area contributed by atoms with E-state index < -0.39 is 5.97 Å². The Labute approximate surface area is 140 Å². The number of benzene rings is 1. The normalized spacial score (nSPS) is 16.0. The molecule has 1 amide bonds. The molecule has 1 saturated heterocycles. The number of carbonyl (C=O) groups is 2. The second kappa shape index (κ2) is 6.33. The predicted octanol–water partition coefficient (Wildman–Crippen LogP) is 2.04. The number of hydrogen-bond acceptors (Lipinski definition) is 4. The number of hydrogen-bond donors (Lipinski definition) is 1. The maximum absolute atomic E-state index is 12.4. The van der Waals surface area contributed by atoms with Crippen LogP contribution in [0.3, 0.4) is 0 Å². The molecule has 0 bridgehead atoms. The molecule has 0 radical (unpaired) electrons. The molecule has 2 heterocycles. The van der Waals surface area contributed by atoms with Crippen molar-refractivity contribution in [1.29, 1.82) is 0 Å². The monoisotopic (exact) mass is 354 g/mol. The Hall–Kier alpha value is -1.86. The number of aromatic nitrogens is 1. The first-order chi connectivity index (χ1) is 11.0. The molecule has 0 saturated carbocycles. The number of halogens is 1. The van der Waals surface area contributed by atoms with Crippen LogP contribution < -0.4 is 4.87 Å². The molecule has 0 spiro atoms. The Morgan fingerprint density at radius 3 is 2.65 bits per heavy atom. The Morgan fingerprint density at radius 2 is 2.00 bits per heavy atom. The van der Waals surface area contributed by atoms with Gasteiger partial charge in [0.25, 0.3) is 0 Å². The van der Waals surface area contributed by atoms with Crippen molar-refractivity contribution in [2.45, 2.75) is 19.4 Å². The van der Waals surface area contributed by atoms with Gasteiger partial charge in [0.2, 0.25) is 5.91 Å². The molecule has 0 atom stereocenters. The number of rotatable bonds is 3. The second-order valence-corrected chi connectivity index (χ2v) is 6.99. The van der Waals surface area contributed by atoms with E-state index in [4.69, 9.17) is 16.7 Å². The van der Waals surface area contributed by atoms with Gasteiger partial charge in [0.1, 0.15) is 6.54 Å². The summed E-state index contributed by atoms with van der Waals surface area (Å²) in [5.74, 6) is -1.37. The molecule has 1 aliphatic rings. The largest absolute Gasteiger partial charge is 0.481 e. The molecule has 1 aromatic carbocycles. The predicted molar refractivity (Wildman–Crippen MR) is 88.0 cm³/mol. The van der Waals surface area contributed by atoms with Gasteiger partial charge in [-0.25, -0.2) is 0 Å². The van der Waals surface area contributed by atoms with Gasteiger partial charge in [0.15, 0.2) is 0 Å². The molecule has 2 aromatic rings. The van der Waals surface area contributed by atoms with Gasteiger partial charge < -0.3 is 10.0 Å². The maximum atomic E-state index is 12.4. The number of carboxylic acid groups (broad SMARTS) is 1. The SMILES string of the molecule is O=C(O)C1CCN(C(=O)Cn2c(=O)sc3ccc(Cl)cc32)CC1. The van der Waals surface area contributed by atoms with Gasteiger partial charge in [0.05, 0.1) is 16.1 Å². The van der Waals surface area contributed by atoms with Crippen LogP contribution in [0.25, 0.3) is 10.2 Å². The van der Waals surface area contributed by atoms with Crippen LogP contribution in [0.2, 0.25) is 5.02 Å². The standard InChI is InChI=1S/C15H15ClN2O4S/c16-10-1-2-12-11(7-10)18(15(22)23-12)8-13(19)17-5-3-9(4-6-17)14(20)21/h1-2,7,9H,3-6,8H2,(H,20,21). The summed E-state index contributed by atoms with van der Waals surface area (Å²) in [6, 6.07) is 5.16. The van der Waals surface area contributed by atoms with Gasteiger partial charge in [-0.2, -0.15) is 0 Å². The lowest BCUT2D eigenvalue weighted by Gasteiger charge is -2.30. The highest BCUT2D eigenvalue weighted by Gasteiger charge is 2.27. The number of aliphatic carboxylic acids is 1. The lowest BCUT2D eigenvalue weighted by Crippen LogP contribution is -2.42. The van der Waals surface area contributed by atoms with Crippen LogP contribution in [0.15, 0.2) is 23.0 Å². The van der Waals surface area contributed by atoms with Crippen molar-refractivity contribution < 1.29 is 14.7 Å². The van der Waals surface area contributed by atoms with Crippen molar-refractivity contribution in [3.63, 3.8) is 0 Å². The Balaban J connectivity index is 1.76. The smallest absolute Gasteiger partial charge is 0.308 e. The fourth-order valence-corrected chi connectivity index (χ4v) is 3.83. The van der Waals surface area contributed by atoms with Crippen LogP contribution in [-0.2, 0) is 16.1 Å². The molecular weight excluding hydrogens is 340 g/mol. The van der Waals surface area contributed by atoms with Crippen molar-refractivity contribution in [2.75, 3.05) is 13.1 Å². The number of fused-ring (bicyclic) bond motifs is 1. The lowest BCUT2D eigenvalue weighted by atomic mass is 9.97. The zero-order valence-corrected chi connectivity index (χ0v) is 13.8. The van der Waals surface area contributed by atoms with E-state index in [1.165, 1.54) is 4.57 Å². The summed E-state index contributed by atoms with van der Waals surface area (Å²) in [4.78, 5) is 36.9. The molecule has 8 heteroatoms. The summed E-state index contributed by atoms with van der Waals surface area (Å²) in [7, 11) is 0. The average molecular weight is 355 g/mol. The highest BCUT2D eigenvalue weighted by molar-refractivity contribution is 7.16. The molecule has 6 nitrogen and oxygen atoms in total. The maximum Gasteiger partial charge on any atom is 0.308 e. The van der Waals surface area contributed by atoms with Crippen molar-refractivity contribution >= 4 is 45.0 Å². The number of amides is 1. The summed E-state index contributed by atoms with van der Waals surface area (Å²) in [5, 5.41) is 9.50. The van der Waals surface area contributed by atoms with E-state index in [1.54, 1.807) is 23.1 Å². The molecular formula is C15H15ClN2O4S. The topological polar surface area (TPSA) is 79.6 Å². The first kappa shape index (κ1) is 16.0. The molecule has 122 valence electrons.